The van der Waals surface area contributed by atoms with Gasteiger partial charge in [-0.2, -0.15) is 5.26 Å². The van der Waals surface area contributed by atoms with Gasteiger partial charge in [-0.05, 0) is 36.4 Å². The summed E-state index contributed by atoms with van der Waals surface area (Å²) in [6, 6.07) is 13.3. The number of halogens is 2. The molecule has 0 heterocycles. The fraction of sp³-hybridized carbons (Fsp3) is 0.0556. The molecule has 2 amide bonds. The smallest absolute Gasteiger partial charge is 0.267 e. The zero-order valence-electron chi connectivity index (χ0n) is 13.6. The minimum atomic E-state index is -0.601. The highest BCUT2D eigenvalue weighted by molar-refractivity contribution is 6.42. The maximum atomic E-state index is 12.2. The first-order valence-corrected chi connectivity index (χ1v) is 8.15. The number of hydrogen-bond acceptors (Lipinski definition) is 4. The molecule has 0 unspecified atom stereocenters. The van der Waals surface area contributed by atoms with Crippen LogP contribution in [0.5, 0.6) is 0 Å². The lowest BCUT2D eigenvalue weighted by atomic mass is 10.2. The molecule has 2 aromatic rings. The molecule has 8 heteroatoms. The van der Waals surface area contributed by atoms with Crippen molar-refractivity contribution < 1.29 is 9.59 Å². The van der Waals surface area contributed by atoms with Gasteiger partial charge in [-0.15, -0.1) is 0 Å². The molecule has 0 atom stereocenters. The SMILES string of the molecule is CC(=O)Nc1cccc(N/C=C(/C#N)C(=O)Nc2ccc(Cl)c(Cl)c2)c1. The van der Waals surface area contributed by atoms with Gasteiger partial charge in [0.2, 0.25) is 5.91 Å². The van der Waals surface area contributed by atoms with Gasteiger partial charge >= 0.3 is 0 Å². The van der Waals surface area contributed by atoms with E-state index >= 15 is 0 Å². The Morgan fingerprint density at radius 3 is 2.35 bits per heavy atom. The van der Waals surface area contributed by atoms with Crippen LogP contribution < -0.4 is 16.0 Å². The standard InChI is InChI=1S/C18H14Cl2N4O2/c1-11(25)23-14-4-2-3-13(7-14)22-10-12(9-21)18(26)24-15-5-6-16(19)17(20)8-15/h2-8,10,22H,1H3,(H,23,25)(H,24,26)/b12-10-. The summed E-state index contributed by atoms with van der Waals surface area (Å²) in [5, 5.41) is 17.9. The third kappa shape index (κ3) is 5.52. The van der Waals surface area contributed by atoms with Gasteiger partial charge in [0.15, 0.2) is 0 Å². The molecular formula is C18H14Cl2N4O2. The van der Waals surface area contributed by atoms with Gasteiger partial charge in [0, 0.05) is 30.2 Å². The predicted octanol–water partition coefficient (Wildman–Crippen LogP) is 4.41. The highest BCUT2D eigenvalue weighted by atomic mass is 35.5. The largest absolute Gasteiger partial charge is 0.360 e. The summed E-state index contributed by atoms with van der Waals surface area (Å²) in [7, 11) is 0. The monoisotopic (exact) mass is 388 g/mol. The maximum Gasteiger partial charge on any atom is 0.267 e. The van der Waals surface area contributed by atoms with Crippen molar-refractivity contribution in [2.24, 2.45) is 0 Å². The number of nitriles is 1. The predicted molar refractivity (Wildman–Crippen MR) is 103 cm³/mol. The van der Waals surface area contributed by atoms with Crippen LogP contribution in [-0.4, -0.2) is 11.8 Å². The molecule has 0 aliphatic heterocycles. The number of benzene rings is 2. The molecule has 0 fully saturated rings. The molecule has 0 radical (unpaired) electrons. The molecule has 0 bridgehead atoms. The molecular weight excluding hydrogens is 375 g/mol. The highest BCUT2D eigenvalue weighted by Crippen LogP contribution is 2.25. The second-order valence-corrected chi connectivity index (χ2v) is 5.97. The fourth-order valence-electron chi connectivity index (χ4n) is 1.97. The Labute approximate surface area is 160 Å². The molecule has 2 aromatic carbocycles. The van der Waals surface area contributed by atoms with Crippen LogP contribution in [0.25, 0.3) is 0 Å². The Bertz CT molecular complexity index is 920. The van der Waals surface area contributed by atoms with Crippen LogP contribution in [0.3, 0.4) is 0 Å². The molecule has 3 N–H and O–H groups in total. The van der Waals surface area contributed by atoms with E-state index in [2.05, 4.69) is 16.0 Å². The van der Waals surface area contributed by atoms with E-state index < -0.39 is 5.91 Å². The van der Waals surface area contributed by atoms with Crippen LogP contribution >= 0.6 is 23.2 Å². The van der Waals surface area contributed by atoms with Gasteiger partial charge in [-0.25, -0.2) is 0 Å². The number of rotatable bonds is 5. The van der Waals surface area contributed by atoms with E-state index in [1.807, 2.05) is 6.07 Å². The molecule has 0 aliphatic rings. The van der Waals surface area contributed by atoms with Crippen molar-refractivity contribution in [3.05, 3.63) is 64.3 Å². The number of carbonyl (C=O) groups excluding carboxylic acids is 2. The molecule has 0 aliphatic carbocycles. The molecule has 26 heavy (non-hydrogen) atoms. The third-order valence-corrected chi connectivity index (χ3v) is 3.85. The van der Waals surface area contributed by atoms with E-state index in [1.165, 1.54) is 19.2 Å². The summed E-state index contributed by atoms with van der Waals surface area (Å²) in [4.78, 5) is 23.3. The molecule has 6 nitrogen and oxygen atoms in total. The first-order chi connectivity index (χ1) is 12.4. The van der Waals surface area contributed by atoms with Crippen molar-refractivity contribution >= 4 is 52.1 Å². The second kappa shape index (κ2) is 8.90. The van der Waals surface area contributed by atoms with Crippen LogP contribution in [-0.2, 0) is 9.59 Å². The molecule has 0 aromatic heterocycles. The molecule has 132 valence electrons. The molecule has 0 saturated carbocycles. The summed E-state index contributed by atoms with van der Waals surface area (Å²) in [5.74, 6) is -0.798. The second-order valence-electron chi connectivity index (χ2n) is 5.16. The van der Waals surface area contributed by atoms with E-state index in [1.54, 1.807) is 36.4 Å². The van der Waals surface area contributed by atoms with Crippen molar-refractivity contribution in [3.63, 3.8) is 0 Å². The summed E-state index contributed by atoms with van der Waals surface area (Å²) in [5.41, 5.74) is 1.47. The Kier molecular flexibility index (Phi) is 6.61. The van der Waals surface area contributed by atoms with Gasteiger partial charge in [0.1, 0.15) is 11.6 Å². The molecule has 2 rings (SSSR count). The fourth-order valence-corrected chi connectivity index (χ4v) is 2.26. The lowest BCUT2D eigenvalue weighted by Crippen LogP contribution is -2.14. The van der Waals surface area contributed by atoms with Crippen molar-refractivity contribution in [2.75, 3.05) is 16.0 Å². The van der Waals surface area contributed by atoms with E-state index in [-0.39, 0.29) is 11.5 Å². The quantitative estimate of drug-likeness (QED) is 0.522. The van der Waals surface area contributed by atoms with E-state index in [0.717, 1.165) is 0 Å². The average molecular weight is 389 g/mol. The average Bonchev–Trinajstić information content (AvgIpc) is 2.58. The summed E-state index contributed by atoms with van der Waals surface area (Å²) in [6.45, 7) is 1.40. The van der Waals surface area contributed by atoms with Gasteiger partial charge in [0.05, 0.1) is 10.0 Å². The van der Waals surface area contributed by atoms with E-state index in [9.17, 15) is 14.9 Å². The van der Waals surface area contributed by atoms with E-state index in [0.29, 0.717) is 27.1 Å². The van der Waals surface area contributed by atoms with Crippen molar-refractivity contribution in [2.45, 2.75) is 6.92 Å². The first kappa shape index (κ1) is 19.3. The zero-order valence-corrected chi connectivity index (χ0v) is 15.2. The van der Waals surface area contributed by atoms with Crippen molar-refractivity contribution in [1.29, 1.82) is 5.26 Å². The number of nitrogens with zero attached hydrogens (tertiary/aromatic N) is 1. The third-order valence-electron chi connectivity index (χ3n) is 3.11. The molecule has 0 spiro atoms. The minimum Gasteiger partial charge on any atom is -0.360 e. The number of anilines is 3. The summed E-state index contributed by atoms with van der Waals surface area (Å²) >= 11 is 11.7. The lowest BCUT2D eigenvalue weighted by Gasteiger charge is -2.07. The topological polar surface area (TPSA) is 94.0 Å². The Balaban J connectivity index is 2.09. The zero-order chi connectivity index (χ0) is 19.1. The number of hydrogen-bond donors (Lipinski definition) is 3. The van der Waals surface area contributed by atoms with Crippen LogP contribution in [0.15, 0.2) is 54.2 Å². The Hall–Kier alpha value is -3.01. The van der Waals surface area contributed by atoms with Gasteiger partial charge in [0.25, 0.3) is 5.91 Å². The Morgan fingerprint density at radius 2 is 1.69 bits per heavy atom. The van der Waals surface area contributed by atoms with Crippen LogP contribution in [0, 0.1) is 11.3 Å². The number of nitrogens with one attached hydrogen (secondary N) is 3. The van der Waals surface area contributed by atoms with Gasteiger partial charge < -0.3 is 16.0 Å². The normalized spacial score (nSPS) is 10.6. The lowest BCUT2D eigenvalue weighted by molar-refractivity contribution is -0.114. The minimum absolute atomic E-state index is 0.138. The van der Waals surface area contributed by atoms with Gasteiger partial charge in [-0.1, -0.05) is 29.3 Å². The highest BCUT2D eigenvalue weighted by Gasteiger charge is 2.10. The molecule has 0 saturated heterocycles. The van der Waals surface area contributed by atoms with Crippen molar-refractivity contribution in [1.82, 2.24) is 0 Å². The summed E-state index contributed by atoms with van der Waals surface area (Å²) in [6.07, 6.45) is 1.28. The van der Waals surface area contributed by atoms with Crippen LogP contribution in [0.2, 0.25) is 10.0 Å². The van der Waals surface area contributed by atoms with Gasteiger partial charge in [-0.3, -0.25) is 9.59 Å². The van der Waals surface area contributed by atoms with E-state index in [4.69, 9.17) is 23.2 Å². The van der Waals surface area contributed by atoms with Crippen LogP contribution in [0.1, 0.15) is 6.92 Å². The Morgan fingerprint density at radius 1 is 1.00 bits per heavy atom. The van der Waals surface area contributed by atoms with Crippen molar-refractivity contribution in [3.8, 4) is 6.07 Å². The maximum absolute atomic E-state index is 12.2. The number of amides is 2. The summed E-state index contributed by atoms with van der Waals surface area (Å²) < 4.78 is 0. The van der Waals surface area contributed by atoms with Crippen LogP contribution in [0.4, 0.5) is 17.1 Å². The number of carbonyl (C=O) groups is 2. The first-order valence-electron chi connectivity index (χ1n) is 7.40.